The van der Waals surface area contributed by atoms with Crippen LogP contribution in [0.25, 0.3) is 0 Å². The van der Waals surface area contributed by atoms with E-state index in [-0.39, 0.29) is 0 Å². The Kier molecular flexibility index (Phi) is 5.08. The molecule has 0 aromatic rings. The van der Waals surface area contributed by atoms with Gasteiger partial charge in [-0.15, -0.1) is 0 Å². The summed E-state index contributed by atoms with van der Waals surface area (Å²) in [6.45, 7) is 3.73. The molecular formula is C13H14F6O2. The third-order valence-corrected chi connectivity index (χ3v) is 1.96. The molecule has 0 spiro atoms. The first kappa shape index (κ1) is 19.6. The molecule has 21 heavy (non-hydrogen) atoms. The Morgan fingerprint density at radius 3 is 0.952 bits per heavy atom. The van der Waals surface area contributed by atoms with E-state index in [4.69, 9.17) is 0 Å². The van der Waals surface area contributed by atoms with Gasteiger partial charge in [0.15, 0.2) is 0 Å². The molecule has 0 unspecified atom stereocenters. The second kappa shape index (κ2) is 5.43. The molecule has 0 amide bonds. The molecule has 0 aromatic heterocycles. The van der Waals surface area contributed by atoms with E-state index in [2.05, 4.69) is 0 Å². The summed E-state index contributed by atoms with van der Waals surface area (Å²) in [5.74, 6) is 4.97. The van der Waals surface area contributed by atoms with Crippen molar-refractivity contribution in [2.45, 2.75) is 51.2 Å². The van der Waals surface area contributed by atoms with Crippen LogP contribution in [-0.4, -0.2) is 33.8 Å². The van der Waals surface area contributed by atoms with Gasteiger partial charge in [0, 0.05) is 0 Å². The van der Waals surface area contributed by atoms with Crippen LogP contribution >= 0.6 is 0 Å². The fourth-order valence-corrected chi connectivity index (χ4v) is 0.969. The van der Waals surface area contributed by atoms with Crippen molar-refractivity contribution < 1.29 is 36.6 Å². The van der Waals surface area contributed by atoms with Crippen LogP contribution in [0.3, 0.4) is 0 Å². The summed E-state index contributed by atoms with van der Waals surface area (Å²) in [6.07, 6.45) is -11.7. The highest BCUT2D eigenvalue weighted by Gasteiger charge is 2.70. The highest BCUT2D eigenvalue weighted by atomic mass is 19.4. The number of aliphatic hydroxyl groups is 2. The third kappa shape index (κ3) is 5.49. The van der Waals surface area contributed by atoms with Crippen LogP contribution in [0.1, 0.15) is 27.7 Å². The van der Waals surface area contributed by atoms with Gasteiger partial charge in [0.25, 0.3) is 5.41 Å². The minimum absolute atomic E-state index is 0.931. The van der Waals surface area contributed by atoms with Crippen LogP contribution in [0.2, 0.25) is 0 Å². The van der Waals surface area contributed by atoms with Crippen molar-refractivity contribution >= 4 is 0 Å². The van der Waals surface area contributed by atoms with Crippen molar-refractivity contribution in [3.63, 3.8) is 0 Å². The van der Waals surface area contributed by atoms with Crippen LogP contribution in [0, 0.1) is 29.1 Å². The summed E-state index contributed by atoms with van der Waals surface area (Å²) in [6, 6.07) is 0. The summed E-state index contributed by atoms with van der Waals surface area (Å²) in [4.78, 5) is 0. The highest BCUT2D eigenvalue weighted by Crippen LogP contribution is 2.49. The van der Waals surface area contributed by atoms with Crippen molar-refractivity contribution in [1.29, 1.82) is 0 Å². The second-order valence-corrected chi connectivity index (χ2v) is 5.36. The van der Waals surface area contributed by atoms with Crippen LogP contribution in [0.5, 0.6) is 0 Å². The monoisotopic (exact) mass is 316 g/mol. The zero-order valence-corrected chi connectivity index (χ0v) is 11.7. The molecule has 0 radical (unpaired) electrons. The SMILES string of the molecule is CC(C)(O)C#CC(C#CC(C)(C)O)(C(F)(F)F)C(F)(F)F. The molecule has 0 rings (SSSR count). The van der Waals surface area contributed by atoms with E-state index in [9.17, 15) is 36.6 Å². The van der Waals surface area contributed by atoms with Crippen LogP contribution in [0.15, 0.2) is 0 Å². The highest BCUT2D eigenvalue weighted by molar-refractivity contribution is 5.35. The Balaban J connectivity index is 6.41. The maximum absolute atomic E-state index is 12.9. The standard InChI is InChI=1S/C13H14F6O2/c1-9(2,20)5-7-11(12(14,15)16,13(17,18)19)8-6-10(3,4)21/h20-21H,1-4H3. The molecule has 120 valence electrons. The molecule has 0 aliphatic carbocycles. The minimum Gasteiger partial charge on any atom is -0.378 e. The Bertz CT molecular complexity index is 446. The Labute approximate surface area is 118 Å². The van der Waals surface area contributed by atoms with E-state index >= 15 is 0 Å². The van der Waals surface area contributed by atoms with E-state index in [1.165, 1.54) is 11.8 Å². The predicted octanol–water partition coefficient (Wildman–Crippen LogP) is 2.65. The van der Waals surface area contributed by atoms with Crippen LogP contribution in [0.4, 0.5) is 26.3 Å². The van der Waals surface area contributed by atoms with E-state index in [0.717, 1.165) is 39.5 Å². The van der Waals surface area contributed by atoms with Crippen LogP contribution in [-0.2, 0) is 0 Å². The lowest BCUT2D eigenvalue weighted by molar-refractivity contribution is -0.294. The molecule has 2 nitrogen and oxygen atoms in total. The molecule has 0 saturated carbocycles. The van der Waals surface area contributed by atoms with E-state index in [0.29, 0.717) is 0 Å². The van der Waals surface area contributed by atoms with Crippen molar-refractivity contribution in [2.75, 3.05) is 0 Å². The number of halogens is 6. The smallest absolute Gasteiger partial charge is 0.378 e. The molecule has 8 heteroatoms. The lowest BCUT2D eigenvalue weighted by atomic mass is 9.86. The van der Waals surface area contributed by atoms with Crippen molar-refractivity contribution in [1.82, 2.24) is 0 Å². The van der Waals surface area contributed by atoms with Gasteiger partial charge in [-0.25, -0.2) is 0 Å². The number of rotatable bonds is 0. The number of hydrogen-bond acceptors (Lipinski definition) is 2. The Hall–Kier alpha value is -1.38. The van der Waals surface area contributed by atoms with Crippen molar-refractivity contribution in [2.24, 2.45) is 5.41 Å². The minimum atomic E-state index is -5.86. The number of hydrogen-bond donors (Lipinski definition) is 2. The second-order valence-electron chi connectivity index (χ2n) is 5.36. The fraction of sp³-hybridized carbons (Fsp3) is 0.692. The molecule has 0 aliphatic rings. The molecule has 0 atom stereocenters. The lowest BCUT2D eigenvalue weighted by Gasteiger charge is -2.28. The van der Waals surface area contributed by atoms with E-state index in [1.807, 2.05) is 0 Å². The molecule has 2 N–H and O–H groups in total. The Morgan fingerprint density at radius 1 is 0.571 bits per heavy atom. The topological polar surface area (TPSA) is 40.5 Å². The van der Waals surface area contributed by atoms with Gasteiger partial charge in [-0.1, -0.05) is 23.7 Å². The normalized spacial score (nSPS) is 13.9. The molecule has 0 fully saturated rings. The molecule has 0 bridgehead atoms. The predicted molar refractivity (Wildman–Crippen MR) is 62.7 cm³/mol. The molecular weight excluding hydrogens is 302 g/mol. The van der Waals surface area contributed by atoms with Crippen molar-refractivity contribution in [3.05, 3.63) is 0 Å². The third-order valence-electron chi connectivity index (χ3n) is 1.96. The largest absolute Gasteiger partial charge is 0.425 e. The van der Waals surface area contributed by atoms with Gasteiger partial charge in [0.2, 0.25) is 0 Å². The zero-order valence-electron chi connectivity index (χ0n) is 11.7. The number of alkyl halides is 6. The van der Waals surface area contributed by atoms with E-state index < -0.39 is 29.0 Å². The maximum Gasteiger partial charge on any atom is 0.425 e. The Morgan fingerprint density at radius 2 is 0.810 bits per heavy atom. The summed E-state index contributed by atoms with van der Waals surface area (Å²) in [7, 11) is 0. The average Bonchev–Trinajstić information content (AvgIpc) is 2.09. The first-order valence-corrected chi connectivity index (χ1v) is 5.58. The van der Waals surface area contributed by atoms with Gasteiger partial charge in [0.05, 0.1) is 0 Å². The fourth-order valence-electron chi connectivity index (χ4n) is 0.969. The zero-order chi connectivity index (χ0) is 17.3. The summed E-state index contributed by atoms with van der Waals surface area (Å²) in [5, 5.41) is 18.5. The molecule has 0 saturated heterocycles. The first-order chi connectivity index (χ1) is 8.91. The average molecular weight is 316 g/mol. The summed E-state index contributed by atoms with van der Waals surface area (Å²) in [5.41, 5.74) is -8.80. The maximum atomic E-state index is 12.9. The van der Waals surface area contributed by atoms with Gasteiger partial charge in [-0.2, -0.15) is 26.3 Å². The van der Waals surface area contributed by atoms with Crippen LogP contribution < -0.4 is 0 Å². The van der Waals surface area contributed by atoms with Gasteiger partial charge in [-0.05, 0) is 27.7 Å². The van der Waals surface area contributed by atoms with Gasteiger partial charge < -0.3 is 10.2 Å². The summed E-state index contributed by atoms with van der Waals surface area (Å²) >= 11 is 0. The van der Waals surface area contributed by atoms with Crippen molar-refractivity contribution in [3.8, 4) is 23.7 Å². The first-order valence-electron chi connectivity index (χ1n) is 5.58. The van der Waals surface area contributed by atoms with E-state index in [1.54, 1.807) is 0 Å². The summed E-state index contributed by atoms with van der Waals surface area (Å²) < 4.78 is 77.6. The lowest BCUT2D eigenvalue weighted by Crippen LogP contribution is -2.48. The van der Waals surface area contributed by atoms with Gasteiger partial charge >= 0.3 is 12.4 Å². The quantitative estimate of drug-likeness (QED) is 0.533. The van der Waals surface area contributed by atoms with Gasteiger partial charge in [0.1, 0.15) is 11.2 Å². The van der Waals surface area contributed by atoms with Gasteiger partial charge in [-0.3, -0.25) is 0 Å². The molecule has 0 aromatic carbocycles. The molecule has 0 heterocycles. The molecule has 0 aliphatic heterocycles.